The van der Waals surface area contributed by atoms with E-state index in [9.17, 15) is 9.59 Å². The van der Waals surface area contributed by atoms with Crippen LogP contribution in [0.4, 0.5) is 5.82 Å². The number of oxime groups is 1. The summed E-state index contributed by atoms with van der Waals surface area (Å²) in [7, 11) is 1.39. The van der Waals surface area contributed by atoms with E-state index in [1.807, 2.05) is 0 Å². The number of alkyl halides is 1. The lowest BCUT2D eigenvalue weighted by molar-refractivity contribution is -0.122. The number of hydrogen-bond acceptors (Lipinski definition) is 6. The summed E-state index contributed by atoms with van der Waals surface area (Å²) in [6.07, 6.45) is 3.10. The van der Waals surface area contributed by atoms with Gasteiger partial charge in [-0.15, -0.1) is 11.6 Å². The molecule has 0 aliphatic heterocycles. The van der Waals surface area contributed by atoms with Gasteiger partial charge in [0.15, 0.2) is 5.78 Å². The fraction of sp³-hybridized carbons (Fsp3) is 0.429. The number of nitrogens with two attached hydrogens (primary N) is 1. The van der Waals surface area contributed by atoms with Crippen LogP contribution in [0.2, 0.25) is 0 Å². The van der Waals surface area contributed by atoms with Gasteiger partial charge in [-0.25, -0.2) is 4.98 Å². The summed E-state index contributed by atoms with van der Waals surface area (Å²) >= 11 is 5.59. The summed E-state index contributed by atoms with van der Waals surface area (Å²) in [5.74, 6) is -0.652. The fourth-order valence-corrected chi connectivity index (χ4v) is 1.95. The molecule has 1 atom stereocenters. The molecule has 0 aliphatic rings. The molecule has 3 N–H and O–H groups in total. The predicted octanol–water partition coefficient (Wildman–Crippen LogP) is 1.35. The third-order valence-corrected chi connectivity index (χ3v) is 3.58. The van der Waals surface area contributed by atoms with E-state index in [4.69, 9.17) is 17.3 Å². The SMILES string of the molecule is CCC(C)(NC(=O)c1cnc(N)c(C=NOC)c1)C(=O)CCl. The molecule has 0 saturated heterocycles. The molecule has 8 heteroatoms. The van der Waals surface area contributed by atoms with Gasteiger partial charge in [0, 0.05) is 11.8 Å². The van der Waals surface area contributed by atoms with Crippen molar-refractivity contribution < 1.29 is 14.4 Å². The van der Waals surface area contributed by atoms with E-state index in [1.165, 1.54) is 25.6 Å². The number of Topliss-reactive ketones (excluding diaryl/α,β-unsaturated/α-hetero) is 1. The van der Waals surface area contributed by atoms with Crippen LogP contribution in [0.15, 0.2) is 17.4 Å². The molecule has 0 saturated carbocycles. The molecular weight excluding hydrogens is 308 g/mol. The Balaban J connectivity index is 3.03. The molecule has 1 rings (SSSR count). The summed E-state index contributed by atoms with van der Waals surface area (Å²) in [5.41, 5.74) is 5.36. The zero-order chi connectivity index (χ0) is 16.8. The van der Waals surface area contributed by atoms with E-state index in [0.717, 1.165) is 0 Å². The standard InChI is InChI=1S/C14H19ClN4O3/c1-4-14(2,11(20)6-15)19-13(21)10-5-9(8-18-22-3)12(16)17-7-10/h5,7-8H,4,6H2,1-3H3,(H2,16,17)(H,19,21). The number of ketones is 1. The number of halogens is 1. The molecular formula is C14H19ClN4O3. The Kier molecular flexibility index (Phi) is 6.30. The van der Waals surface area contributed by atoms with Crippen molar-refractivity contribution in [2.24, 2.45) is 5.16 Å². The lowest BCUT2D eigenvalue weighted by Crippen LogP contribution is -2.52. The number of anilines is 1. The minimum Gasteiger partial charge on any atom is -0.399 e. The van der Waals surface area contributed by atoms with Gasteiger partial charge in [-0.2, -0.15) is 0 Å². The molecule has 1 aromatic rings. The number of nitrogens with zero attached hydrogens (tertiary/aromatic N) is 2. The van der Waals surface area contributed by atoms with E-state index in [2.05, 4.69) is 20.3 Å². The number of nitrogen functional groups attached to an aromatic ring is 1. The van der Waals surface area contributed by atoms with Crippen LogP contribution >= 0.6 is 11.6 Å². The third kappa shape index (κ3) is 4.17. The van der Waals surface area contributed by atoms with Crippen molar-refractivity contribution in [1.82, 2.24) is 10.3 Å². The second-order valence-electron chi connectivity index (χ2n) is 4.81. The van der Waals surface area contributed by atoms with Crippen LogP contribution in [0.3, 0.4) is 0 Å². The highest BCUT2D eigenvalue weighted by Crippen LogP contribution is 2.15. The Morgan fingerprint density at radius 2 is 2.27 bits per heavy atom. The van der Waals surface area contributed by atoms with Gasteiger partial charge in [-0.3, -0.25) is 9.59 Å². The van der Waals surface area contributed by atoms with E-state index in [0.29, 0.717) is 12.0 Å². The second kappa shape index (κ2) is 7.74. The van der Waals surface area contributed by atoms with Crippen molar-refractivity contribution in [3.8, 4) is 0 Å². The summed E-state index contributed by atoms with van der Waals surface area (Å²) in [6, 6.07) is 1.52. The molecule has 0 aromatic carbocycles. The average molecular weight is 327 g/mol. The smallest absolute Gasteiger partial charge is 0.253 e. The highest BCUT2D eigenvalue weighted by molar-refractivity contribution is 6.29. The van der Waals surface area contributed by atoms with Crippen molar-refractivity contribution >= 4 is 35.3 Å². The van der Waals surface area contributed by atoms with Gasteiger partial charge < -0.3 is 15.9 Å². The first-order valence-corrected chi connectivity index (χ1v) is 7.15. The number of nitrogens with one attached hydrogen (secondary N) is 1. The van der Waals surface area contributed by atoms with Gasteiger partial charge in [-0.05, 0) is 19.4 Å². The molecule has 7 nitrogen and oxygen atoms in total. The molecule has 1 heterocycles. The summed E-state index contributed by atoms with van der Waals surface area (Å²) in [5, 5.41) is 6.27. The Bertz CT molecular complexity index is 591. The molecule has 0 bridgehead atoms. The van der Waals surface area contributed by atoms with E-state index in [1.54, 1.807) is 13.8 Å². The zero-order valence-corrected chi connectivity index (χ0v) is 13.5. The number of carbonyl (C=O) groups excluding carboxylic acids is 2. The number of rotatable bonds is 7. The van der Waals surface area contributed by atoms with Gasteiger partial charge in [-0.1, -0.05) is 12.1 Å². The van der Waals surface area contributed by atoms with Crippen molar-refractivity contribution in [2.75, 3.05) is 18.7 Å². The zero-order valence-electron chi connectivity index (χ0n) is 12.7. The van der Waals surface area contributed by atoms with Gasteiger partial charge in [0.25, 0.3) is 5.91 Å². The summed E-state index contributed by atoms with van der Waals surface area (Å²) < 4.78 is 0. The van der Waals surface area contributed by atoms with Crippen LogP contribution in [0.1, 0.15) is 36.2 Å². The minimum atomic E-state index is -1.03. The Hall–Kier alpha value is -2.15. The number of carbonyl (C=O) groups is 2. The van der Waals surface area contributed by atoms with Crippen molar-refractivity contribution in [1.29, 1.82) is 0 Å². The van der Waals surface area contributed by atoms with Crippen LogP contribution in [0.5, 0.6) is 0 Å². The van der Waals surface area contributed by atoms with Crippen molar-refractivity contribution in [3.05, 3.63) is 23.4 Å². The highest BCUT2D eigenvalue weighted by atomic mass is 35.5. The Labute approximate surface area is 133 Å². The normalized spacial score (nSPS) is 13.6. The first kappa shape index (κ1) is 17.9. The monoisotopic (exact) mass is 326 g/mol. The fourth-order valence-electron chi connectivity index (χ4n) is 1.65. The number of hydrogen-bond donors (Lipinski definition) is 2. The molecule has 1 unspecified atom stereocenters. The minimum absolute atomic E-state index is 0.170. The van der Waals surface area contributed by atoms with Crippen LogP contribution < -0.4 is 11.1 Å². The molecule has 0 radical (unpaired) electrons. The third-order valence-electron chi connectivity index (χ3n) is 3.34. The summed E-state index contributed by atoms with van der Waals surface area (Å²) in [6.45, 7) is 3.43. The van der Waals surface area contributed by atoms with Crippen LogP contribution in [0.25, 0.3) is 0 Å². The predicted molar refractivity (Wildman–Crippen MR) is 85.1 cm³/mol. The largest absolute Gasteiger partial charge is 0.399 e. The lowest BCUT2D eigenvalue weighted by atomic mass is 9.93. The van der Waals surface area contributed by atoms with Crippen LogP contribution in [0, 0.1) is 0 Å². The first-order chi connectivity index (χ1) is 10.4. The second-order valence-corrected chi connectivity index (χ2v) is 5.08. The van der Waals surface area contributed by atoms with Gasteiger partial charge in [0.2, 0.25) is 0 Å². The number of amides is 1. The molecule has 1 aromatic heterocycles. The van der Waals surface area contributed by atoms with Crippen LogP contribution in [-0.4, -0.2) is 41.4 Å². The maximum absolute atomic E-state index is 12.3. The maximum Gasteiger partial charge on any atom is 0.253 e. The number of pyridine rings is 1. The van der Waals surface area contributed by atoms with Crippen molar-refractivity contribution in [3.63, 3.8) is 0 Å². The molecule has 0 aliphatic carbocycles. The van der Waals surface area contributed by atoms with Gasteiger partial charge >= 0.3 is 0 Å². The summed E-state index contributed by atoms with van der Waals surface area (Å²) in [4.78, 5) is 32.7. The highest BCUT2D eigenvalue weighted by Gasteiger charge is 2.32. The first-order valence-electron chi connectivity index (χ1n) is 6.61. The average Bonchev–Trinajstić information content (AvgIpc) is 2.52. The quantitative estimate of drug-likeness (QED) is 0.447. The lowest BCUT2D eigenvalue weighted by Gasteiger charge is -2.27. The molecule has 22 heavy (non-hydrogen) atoms. The Morgan fingerprint density at radius 1 is 1.59 bits per heavy atom. The van der Waals surface area contributed by atoms with Crippen molar-refractivity contribution in [2.45, 2.75) is 25.8 Å². The molecule has 1 amide bonds. The molecule has 0 spiro atoms. The Morgan fingerprint density at radius 3 is 2.82 bits per heavy atom. The van der Waals surface area contributed by atoms with Gasteiger partial charge in [0.1, 0.15) is 12.9 Å². The van der Waals surface area contributed by atoms with E-state index < -0.39 is 11.4 Å². The van der Waals surface area contributed by atoms with E-state index in [-0.39, 0.29) is 23.0 Å². The van der Waals surface area contributed by atoms with Gasteiger partial charge in [0.05, 0.1) is 23.2 Å². The number of aromatic nitrogens is 1. The maximum atomic E-state index is 12.3. The molecule has 0 fully saturated rings. The van der Waals surface area contributed by atoms with E-state index >= 15 is 0 Å². The topological polar surface area (TPSA) is 107 Å². The van der Waals surface area contributed by atoms with Crippen LogP contribution in [-0.2, 0) is 9.63 Å². The molecule has 120 valence electrons.